The SMILES string of the molecule is CCNC(=O)CC1SC(=Nc2ccc(OCC)cc2)N(Cc2ccc3c(c2)OCO3)C1=O. The Morgan fingerprint density at radius 1 is 1.19 bits per heavy atom. The molecule has 0 aromatic heterocycles. The van der Waals surface area contributed by atoms with Crippen molar-refractivity contribution in [3.8, 4) is 17.2 Å². The van der Waals surface area contributed by atoms with E-state index in [0.29, 0.717) is 42.1 Å². The maximum Gasteiger partial charge on any atom is 0.242 e. The molecule has 8 nitrogen and oxygen atoms in total. The Bertz CT molecular complexity index is 1020. The van der Waals surface area contributed by atoms with Crippen LogP contribution in [0.5, 0.6) is 17.2 Å². The number of hydrogen-bond acceptors (Lipinski definition) is 7. The van der Waals surface area contributed by atoms with Crippen molar-refractivity contribution in [1.29, 1.82) is 0 Å². The molecule has 2 aliphatic rings. The lowest BCUT2D eigenvalue weighted by Crippen LogP contribution is -2.34. The van der Waals surface area contributed by atoms with E-state index in [1.54, 1.807) is 4.90 Å². The summed E-state index contributed by atoms with van der Waals surface area (Å²) in [4.78, 5) is 31.6. The first kappa shape index (κ1) is 22.0. The van der Waals surface area contributed by atoms with Gasteiger partial charge in [-0.3, -0.25) is 14.5 Å². The van der Waals surface area contributed by atoms with E-state index < -0.39 is 5.25 Å². The van der Waals surface area contributed by atoms with Gasteiger partial charge in [-0.25, -0.2) is 4.99 Å². The van der Waals surface area contributed by atoms with Crippen LogP contribution in [0.3, 0.4) is 0 Å². The van der Waals surface area contributed by atoms with E-state index in [1.807, 2.05) is 56.3 Å². The van der Waals surface area contributed by atoms with Crippen molar-refractivity contribution in [2.45, 2.75) is 32.1 Å². The highest BCUT2D eigenvalue weighted by atomic mass is 32.2. The molecule has 1 atom stereocenters. The molecule has 2 aromatic rings. The van der Waals surface area contributed by atoms with Crippen LogP contribution < -0.4 is 19.5 Å². The molecule has 4 rings (SSSR count). The zero-order chi connectivity index (χ0) is 22.5. The number of aliphatic imine (C=N–C) groups is 1. The maximum absolute atomic E-state index is 13.2. The molecule has 2 aromatic carbocycles. The first-order valence-corrected chi connectivity index (χ1v) is 11.4. The minimum Gasteiger partial charge on any atom is -0.494 e. The van der Waals surface area contributed by atoms with E-state index in [4.69, 9.17) is 19.2 Å². The molecular formula is C23H25N3O5S. The van der Waals surface area contributed by atoms with Gasteiger partial charge >= 0.3 is 0 Å². The summed E-state index contributed by atoms with van der Waals surface area (Å²) in [6, 6.07) is 13.0. The fraction of sp³-hybridized carbons (Fsp3) is 0.348. The molecule has 0 aliphatic carbocycles. The summed E-state index contributed by atoms with van der Waals surface area (Å²) in [5.41, 5.74) is 1.60. The van der Waals surface area contributed by atoms with Gasteiger partial charge < -0.3 is 19.5 Å². The molecule has 0 saturated carbocycles. The van der Waals surface area contributed by atoms with Gasteiger partial charge in [-0.15, -0.1) is 0 Å². The number of benzene rings is 2. The number of ether oxygens (including phenoxy) is 3. The number of rotatable bonds is 8. The highest BCUT2D eigenvalue weighted by Crippen LogP contribution is 2.36. The Morgan fingerprint density at radius 2 is 1.97 bits per heavy atom. The predicted molar refractivity (Wildman–Crippen MR) is 123 cm³/mol. The minimum absolute atomic E-state index is 0.108. The molecule has 0 bridgehead atoms. The van der Waals surface area contributed by atoms with E-state index in [1.165, 1.54) is 11.8 Å². The van der Waals surface area contributed by atoms with Crippen molar-refractivity contribution in [2.24, 2.45) is 4.99 Å². The Labute approximate surface area is 190 Å². The molecule has 9 heteroatoms. The molecule has 1 saturated heterocycles. The number of carbonyl (C=O) groups excluding carboxylic acids is 2. The van der Waals surface area contributed by atoms with Crippen molar-refractivity contribution in [3.63, 3.8) is 0 Å². The number of nitrogens with one attached hydrogen (secondary N) is 1. The van der Waals surface area contributed by atoms with Gasteiger partial charge in [0.15, 0.2) is 16.7 Å². The van der Waals surface area contributed by atoms with Crippen molar-refractivity contribution in [2.75, 3.05) is 19.9 Å². The first-order chi connectivity index (χ1) is 15.6. The molecule has 2 amide bonds. The zero-order valence-electron chi connectivity index (χ0n) is 18.0. The number of amides is 2. The fourth-order valence-corrected chi connectivity index (χ4v) is 4.58. The van der Waals surface area contributed by atoms with E-state index in [-0.39, 0.29) is 25.0 Å². The van der Waals surface area contributed by atoms with Crippen LogP contribution in [0, 0.1) is 0 Å². The summed E-state index contributed by atoms with van der Waals surface area (Å²) in [6.45, 7) is 5.41. The summed E-state index contributed by atoms with van der Waals surface area (Å²) >= 11 is 1.31. The molecule has 0 spiro atoms. The summed E-state index contributed by atoms with van der Waals surface area (Å²) in [6.07, 6.45) is 0.108. The molecule has 2 aliphatic heterocycles. The van der Waals surface area contributed by atoms with Gasteiger partial charge in [0.2, 0.25) is 18.6 Å². The highest BCUT2D eigenvalue weighted by Gasteiger charge is 2.39. The average molecular weight is 456 g/mol. The van der Waals surface area contributed by atoms with Crippen LogP contribution in [0.4, 0.5) is 5.69 Å². The molecule has 168 valence electrons. The highest BCUT2D eigenvalue weighted by molar-refractivity contribution is 8.15. The van der Waals surface area contributed by atoms with Crippen molar-refractivity contribution < 1.29 is 23.8 Å². The summed E-state index contributed by atoms with van der Waals surface area (Å²) in [5, 5.41) is 2.81. The molecule has 0 radical (unpaired) electrons. The second-order valence-electron chi connectivity index (χ2n) is 7.20. The smallest absolute Gasteiger partial charge is 0.242 e. The largest absolute Gasteiger partial charge is 0.494 e. The van der Waals surface area contributed by atoms with Gasteiger partial charge in [0, 0.05) is 13.0 Å². The third-order valence-electron chi connectivity index (χ3n) is 4.91. The quantitative estimate of drug-likeness (QED) is 0.656. The number of thioether (sulfide) groups is 1. The average Bonchev–Trinajstić information content (AvgIpc) is 3.35. The summed E-state index contributed by atoms with van der Waals surface area (Å²) in [5.74, 6) is 1.82. The number of amidine groups is 1. The molecule has 1 fully saturated rings. The van der Waals surface area contributed by atoms with Gasteiger partial charge in [-0.1, -0.05) is 17.8 Å². The lowest BCUT2D eigenvalue weighted by atomic mass is 10.1. The molecule has 1 N–H and O–H groups in total. The number of nitrogens with zero attached hydrogens (tertiary/aromatic N) is 2. The van der Waals surface area contributed by atoms with E-state index in [9.17, 15) is 9.59 Å². The Kier molecular flexibility index (Phi) is 6.84. The Morgan fingerprint density at radius 3 is 2.72 bits per heavy atom. The van der Waals surface area contributed by atoms with Crippen LogP contribution in [0.15, 0.2) is 47.5 Å². The van der Waals surface area contributed by atoms with Gasteiger partial charge in [0.25, 0.3) is 0 Å². The number of fused-ring (bicyclic) bond motifs is 1. The van der Waals surface area contributed by atoms with Crippen LogP contribution in [-0.4, -0.2) is 47.1 Å². The lowest BCUT2D eigenvalue weighted by molar-refractivity contribution is -0.129. The van der Waals surface area contributed by atoms with Crippen LogP contribution in [0.25, 0.3) is 0 Å². The molecule has 32 heavy (non-hydrogen) atoms. The van der Waals surface area contributed by atoms with Gasteiger partial charge in [-0.2, -0.15) is 0 Å². The fourth-order valence-electron chi connectivity index (χ4n) is 3.42. The number of carbonyl (C=O) groups is 2. The number of hydrogen-bond donors (Lipinski definition) is 1. The van der Waals surface area contributed by atoms with Crippen LogP contribution in [-0.2, 0) is 16.1 Å². The topological polar surface area (TPSA) is 89.5 Å². The summed E-state index contributed by atoms with van der Waals surface area (Å²) in [7, 11) is 0. The zero-order valence-corrected chi connectivity index (χ0v) is 18.8. The first-order valence-electron chi connectivity index (χ1n) is 10.5. The Hall–Kier alpha value is -3.20. The van der Waals surface area contributed by atoms with Crippen LogP contribution in [0.2, 0.25) is 0 Å². The molecular weight excluding hydrogens is 430 g/mol. The van der Waals surface area contributed by atoms with Crippen molar-refractivity contribution >= 4 is 34.4 Å². The van der Waals surface area contributed by atoms with Crippen LogP contribution in [0.1, 0.15) is 25.8 Å². The van der Waals surface area contributed by atoms with E-state index in [0.717, 1.165) is 11.3 Å². The normalized spacial score (nSPS) is 18.3. The molecule has 2 heterocycles. The second kappa shape index (κ2) is 9.95. The predicted octanol–water partition coefficient (Wildman–Crippen LogP) is 3.47. The molecule has 1 unspecified atom stereocenters. The lowest BCUT2D eigenvalue weighted by Gasteiger charge is -2.17. The monoisotopic (exact) mass is 455 g/mol. The van der Waals surface area contributed by atoms with Crippen LogP contribution >= 0.6 is 11.8 Å². The maximum atomic E-state index is 13.2. The van der Waals surface area contributed by atoms with E-state index in [2.05, 4.69) is 5.32 Å². The van der Waals surface area contributed by atoms with Gasteiger partial charge in [0.1, 0.15) is 11.0 Å². The third-order valence-corrected chi connectivity index (χ3v) is 6.09. The summed E-state index contributed by atoms with van der Waals surface area (Å²) < 4.78 is 16.3. The standard InChI is InChI=1S/C23H25N3O5S/c1-3-24-21(27)12-20-22(28)26(13-15-5-10-18-19(11-15)31-14-30-18)23(32-20)25-16-6-8-17(9-7-16)29-4-2/h5-11,20H,3-4,12-14H2,1-2H3,(H,24,27). The van der Waals surface area contributed by atoms with Gasteiger partial charge in [0.05, 0.1) is 18.8 Å². The minimum atomic E-state index is -0.517. The van der Waals surface area contributed by atoms with Crippen molar-refractivity contribution in [3.05, 3.63) is 48.0 Å². The van der Waals surface area contributed by atoms with Gasteiger partial charge in [-0.05, 0) is 55.8 Å². The third kappa shape index (κ3) is 4.99. The second-order valence-corrected chi connectivity index (χ2v) is 8.37. The Balaban J connectivity index is 1.58. The van der Waals surface area contributed by atoms with E-state index >= 15 is 0 Å². The van der Waals surface area contributed by atoms with Crippen molar-refractivity contribution in [1.82, 2.24) is 10.2 Å².